The second-order valence-electron chi connectivity index (χ2n) is 2.54. The normalized spacial score (nSPS) is 9.85. The number of carbonyl (C=O) groups is 1. The second-order valence-corrected chi connectivity index (χ2v) is 2.92. The van der Waals surface area contributed by atoms with Crippen molar-refractivity contribution in [1.82, 2.24) is 0 Å². The summed E-state index contributed by atoms with van der Waals surface area (Å²) in [5.41, 5.74) is 0.762. The van der Waals surface area contributed by atoms with Crippen molar-refractivity contribution in [2.75, 3.05) is 7.11 Å². The van der Waals surface area contributed by atoms with E-state index in [1.54, 1.807) is 6.92 Å². The van der Waals surface area contributed by atoms with Gasteiger partial charge in [-0.15, -0.1) is 0 Å². The molecule has 0 heterocycles. The molecule has 0 N–H and O–H groups in total. The Hall–Kier alpha value is -1.09. The lowest BCUT2D eigenvalue weighted by molar-refractivity contribution is 0.112. The molecule has 0 aliphatic rings. The number of rotatable bonds is 2. The third kappa shape index (κ3) is 1.65. The van der Waals surface area contributed by atoms with Crippen molar-refractivity contribution in [3.8, 4) is 5.75 Å². The predicted octanol–water partition coefficient (Wildman–Crippen LogP) is 2.61. The molecule has 0 spiro atoms. The molecule has 4 heteroatoms. The maximum absolute atomic E-state index is 13.1. The second kappa shape index (κ2) is 3.75. The van der Waals surface area contributed by atoms with Crippen LogP contribution in [0.1, 0.15) is 15.9 Å². The third-order valence-corrected chi connectivity index (χ3v) is 2.25. The number of aldehydes is 1. The highest BCUT2D eigenvalue weighted by atomic mass is 35.5. The van der Waals surface area contributed by atoms with Gasteiger partial charge in [-0.05, 0) is 18.6 Å². The van der Waals surface area contributed by atoms with Gasteiger partial charge in [0.1, 0.15) is 6.29 Å². The Morgan fingerprint density at radius 1 is 1.62 bits per heavy atom. The van der Waals surface area contributed by atoms with Crippen molar-refractivity contribution in [2.24, 2.45) is 0 Å². The number of hydrogen-bond donors (Lipinski definition) is 0. The quantitative estimate of drug-likeness (QED) is 0.689. The largest absolute Gasteiger partial charge is 0.492 e. The summed E-state index contributed by atoms with van der Waals surface area (Å²) in [5, 5.41) is 0.143. The summed E-state index contributed by atoms with van der Waals surface area (Å²) >= 11 is 5.76. The molecule has 0 unspecified atom stereocenters. The molecule has 70 valence electrons. The molecule has 1 aromatic carbocycles. The van der Waals surface area contributed by atoms with E-state index >= 15 is 0 Å². The number of ether oxygens (including phenoxy) is 1. The van der Waals surface area contributed by atoms with Gasteiger partial charge >= 0.3 is 0 Å². The monoisotopic (exact) mass is 202 g/mol. The van der Waals surface area contributed by atoms with E-state index in [0.717, 1.165) is 6.07 Å². The van der Waals surface area contributed by atoms with Gasteiger partial charge in [-0.3, -0.25) is 4.79 Å². The van der Waals surface area contributed by atoms with Crippen LogP contribution in [0.3, 0.4) is 0 Å². The molecule has 13 heavy (non-hydrogen) atoms. The average Bonchev–Trinajstić information content (AvgIpc) is 2.12. The molecule has 1 rings (SSSR count). The van der Waals surface area contributed by atoms with Gasteiger partial charge in [0, 0.05) is 5.56 Å². The van der Waals surface area contributed by atoms with Crippen molar-refractivity contribution >= 4 is 17.9 Å². The molecule has 2 nitrogen and oxygen atoms in total. The van der Waals surface area contributed by atoms with Gasteiger partial charge in [0.25, 0.3) is 0 Å². The van der Waals surface area contributed by atoms with Crippen LogP contribution in [-0.4, -0.2) is 13.4 Å². The highest BCUT2D eigenvalue weighted by molar-refractivity contribution is 6.33. The molecule has 0 bridgehead atoms. The first-order valence-electron chi connectivity index (χ1n) is 3.59. The topological polar surface area (TPSA) is 26.3 Å². The summed E-state index contributed by atoms with van der Waals surface area (Å²) in [6.45, 7) is 1.63. The van der Waals surface area contributed by atoms with Crippen molar-refractivity contribution in [1.29, 1.82) is 0 Å². The van der Waals surface area contributed by atoms with E-state index in [1.165, 1.54) is 7.11 Å². The summed E-state index contributed by atoms with van der Waals surface area (Å²) in [6.07, 6.45) is 0.559. The maximum atomic E-state index is 13.1. The zero-order chi connectivity index (χ0) is 10.0. The lowest BCUT2D eigenvalue weighted by Gasteiger charge is -2.08. The van der Waals surface area contributed by atoms with Crippen LogP contribution < -0.4 is 4.74 Å². The maximum Gasteiger partial charge on any atom is 0.173 e. The van der Waals surface area contributed by atoms with Crippen LogP contribution in [0.25, 0.3) is 0 Å². The Bertz CT molecular complexity index is 350. The molecule has 0 saturated carbocycles. The summed E-state index contributed by atoms with van der Waals surface area (Å²) < 4.78 is 17.8. The number of hydrogen-bond acceptors (Lipinski definition) is 2. The highest BCUT2D eigenvalue weighted by Gasteiger charge is 2.13. The van der Waals surface area contributed by atoms with Crippen LogP contribution in [0.15, 0.2) is 6.07 Å². The summed E-state index contributed by atoms with van der Waals surface area (Å²) in [5.74, 6) is -0.648. The lowest BCUT2D eigenvalue weighted by Crippen LogP contribution is -1.95. The van der Waals surface area contributed by atoms with Gasteiger partial charge < -0.3 is 4.74 Å². The predicted molar refractivity (Wildman–Crippen MR) is 48.1 cm³/mol. The fraction of sp³-hybridized carbons (Fsp3) is 0.222. The van der Waals surface area contributed by atoms with Gasteiger partial charge in [-0.2, -0.15) is 0 Å². The number of methoxy groups -OCH3 is 1. The van der Waals surface area contributed by atoms with E-state index in [1.807, 2.05) is 0 Å². The minimum Gasteiger partial charge on any atom is -0.492 e. The van der Waals surface area contributed by atoms with Crippen LogP contribution in [0, 0.1) is 12.7 Å². The summed E-state index contributed by atoms with van der Waals surface area (Å²) in [6, 6.07) is 1.10. The average molecular weight is 203 g/mol. The Balaban J connectivity index is 3.45. The molecular formula is C9H8ClFO2. The van der Waals surface area contributed by atoms with E-state index in [-0.39, 0.29) is 16.3 Å². The Labute approximate surface area is 80.3 Å². The first-order valence-corrected chi connectivity index (χ1v) is 3.97. The molecule has 0 atom stereocenters. The molecule has 0 aromatic heterocycles. The van der Waals surface area contributed by atoms with E-state index in [4.69, 9.17) is 16.3 Å². The minimum absolute atomic E-state index is 0.0234. The summed E-state index contributed by atoms with van der Waals surface area (Å²) in [7, 11) is 1.32. The van der Waals surface area contributed by atoms with Crippen molar-refractivity contribution in [3.63, 3.8) is 0 Å². The first kappa shape index (κ1) is 9.99. The van der Waals surface area contributed by atoms with Crippen LogP contribution in [0.5, 0.6) is 5.75 Å². The molecule has 0 radical (unpaired) electrons. The van der Waals surface area contributed by atoms with E-state index in [0.29, 0.717) is 11.8 Å². The minimum atomic E-state index is -0.625. The highest BCUT2D eigenvalue weighted by Crippen LogP contribution is 2.32. The zero-order valence-electron chi connectivity index (χ0n) is 7.23. The van der Waals surface area contributed by atoms with Crippen molar-refractivity contribution < 1.29 is 13.9 Å². The molecule has 0 fully saturated rings. The molecule has 0 amide bonds. The van der Waals surface area contributed by atoms with Gasteiger partial charge in [0.05, 0.1) is 12.1 Å². The Kier molecular flexibility index (Phi) is 2.88. The van der Waals surface area contributed by atoms with Crippen molar-refractivity contribution in [3.05, 3.63) is 28.0 Å². The Morgan fingerprint density at radius 3 is 2.69 bits per heavy atom. The van der Waals surface area contributed by atoms with Crippen LogP contribution >= 0.6 is 11.6 Å². The molecule has 0 aliphatic carbocycles. The smallest absolute Gasteiger partial charge is 0.173 e. The van der Waals surface area contributed by atoms with Gasteiger partial charge in [0.15, 0.2) is 11.6 Å². The van der Waals surface area contributed by atoms with Gasteiger partial charge in [-0.25, -0.2) is 4.39 Å². The van der Waals surface area contributed by atoms with Crippen LogP contribution in [0.2, 0.25) is 5.02 Å². The first-order chi connectivity index (χ1) is 6.11. The number of halogens is 2. The number of carbonyl (C=O) groups excluding carboxylic acids is 1. The molecule has 0 aliphatic heterocycles. The summed E-state index contributed by atoms with van der Waals surface area (Å²) in [4.78, 5) is 10.5. The molecule has 1 aromatic rings. The fourth-order valence-electron chi connectivity index (χ4n) is 1.02. The lowest BCUT2D eigenvalue weighted by atomic mass is 10.1. The third-order valence-electron chi connectivity index (χ3n) is 1.79. The fourth-order valence-corrected chi connectivity index (χ4v) is 1.30. The SMILES string of the molecule is COc1c(F)cc(C=O)c(C)c1Cl. The van der Waals surface area contributed by atoms with Crippen LogP contribution in [-0.2, 0) is 0 Å². The number of benzene rings is 1. The van der Waals surface area contributed by atoms with Crippen LogP contribution in [0.4, 0.5) is 4.39 Å². The van der Waals surface area contributed by atoms with Crippen molar-refractivity contribution in [2.45, 2.75) is 6.92 Å². The van der Waals surface area contributed by atoms with Gasteiger partial charge in [-0.1, -0.05) is 11.6 Å². The Morgan fingerprint density at radius 2 is 2.23 bits per heavy atom. The zero-order valence-corrected chi connectivity index (χ0v) is 7.98. The molecule has 0 saturated heterocycles. The standard InChI is InChI=1S/C9H8ClFO2/c1-5-6(4-12)3-7(11)9(13-2)8(5)10/h3-4H,1-2H3. The van der Waals surface area contributed by atoms with E-state index < -0.39 is 5.82 Å². The molecular weight excluding hydrogens is 195 g/mol. The van der Waals surface area contributed by atoms with Gasteiger partial charge in [0.2, 0.25) is 0 Å². The van der Waals surface area contributed by atoms with E-state index in [2.05, 4.69) is 0 Å². The van der Waals surface area contributed by atoms with E-state index in [9.17, 15) is 9.18 Å².